The van der Waals surface area contributed by atoms with E-state index in [1.54, 1.807) is 32.9 Å². The Labute approximate surface area is 166 Å². The second kappa shape index (κ2) is 7.20. The van der Waals surface area contributed by atoms with E-state index >= 15 is 0 Å². The molecular weight excluding hydrogens is 387 g/mol. The van der Waals surface area contributed by atoms with Gasteiger partial charge in [0.05, 0.1) is 24.1 Å². The first kappa shape index (κ1) is 20.9. The molecule has 6 nitrogen and oxygen atoms in total. The minimum atomic E-state index is -4.66. The Hall–Kier alpha value is -2.84. The van der Waals surface area contributed by atoms with Crippen LogP contribution in [0.4, 0.5) is 13.2 Å². The van der Waals surface area contributed by atoms with Crippen molar-refractivity contribution in [3.05, 3.63) is 46.8 Å². The maximum atomic E-state index is 13.7. The van der Waals surface area contributed by atoms with Crippen LogP contribution >= 0.6 is 0 Å². The third-order valence-electron chi connectivity index (χ3n) is 4.77. The van der Waals surface area contributed by atoms with Gasteiger partial charge in [-0.15, -0.1) is 0 Å². The third-order valence-corrected chi connectivity index (χ3v) is 4.77. The monoisotopic (exact) mass is 409 g/mol. The van der Waals surface area contributed by atoms with Gasteiger partial charge in [-0.2, -0.15) is 18.3 Å². The Morgan fingerprint density at radius 2 is 1.86 bits per heavy atom. The fraction of sp³-hybridized carbons (Fsp3) is 0.450. The van der Waals surface area contributed by atoms with Gasteiger partial charge in [-0.05, 0) is 18.2 Å². The summed E-state index contributed by atoms with van der Waals surface area (Å²) in [4.78, 5) is 25.8. The SMILES string of the molecule is COC(=O)c1cccc(-n2nc(C(F)(F)F)c3c2CCN(C(=O)C(C)(C)C)C3)c1. The summed E-state index contributed by atoms with van der Waals surface area (Å²) >= 11 is 0. The Morgan fingerprint density at radius 3 is 2.45 bits per heavy atom. The van der Waals surface area contributed by atoms with E-state index < -0.39 is 23.3 Å². The number of methoxy groups -OCH3 is 1. The van der Waals surface area contributed by atoms with Crippen LogP contribution in [0.15, 0.2) is 24.3 Å². The van der Waals surface area contributed by atoms with Gasteiger partial charge in [-0.3, -0.25) is 4.79 Å². The zero-order chi connectivity index (χ0) is 21.6. The number of halogens is 3. The highest BCUT2D eigenvalue weighted by molar-refractivity contribution is 5.90. The van der Waals surface area contributed by atoms with Crippen molar-refractivity contribution in [3.8, 4) is 5.69 Å². The highest BCUT2D eigenvalue weighted by atomic mass is 19.4. The molecule has 1 aliphatic heterocycles. The molecule has 0 N–H and O–H groups in total. The van der Waals surface area contributed by atoms with Gasteiger partial charge in [0.25, 0.3) is 0 Å². The fourth-order valence-corrected chi connectivity index (χ4v) is 3.39. The fourth-order valence-electron chi connectivity index (χ4n) is 3.39. The van der Waals surface area contributed by atoms with Gasteiger partial charge in [-0.25, -0.2) is 9.48 Å². The van der Waals surface area contributed by atoms with Crippen LogP contribution in [0.2, 0.25) is 0 Å². The van der Waals surface area contributed by atoms with Crippen LogP contribution in [-0.4, -0.2) is 40.2 Å². The predicted molar refractivity (Wildman–Crippen MR) is 98.5 cm³/mol. The molecule has 0 saturated heterocycles. The number of carbonyl (C=O) groups excluding carboxylic acids is 2. The number of amides is 1. The summed E-state index contributed by atoms with van der Waals surface area (Å²) in [5.41, 5.74) is -0.788. The number of esters is 1. The van der Waals surface area contributed by atoms with Crippen LogP contribution in [0.5, 0.6) is 0 Å². The average Bonchev–Trinajstić information content (AvgIpc) is 3.05. The Kier molecular flexibility index (Phi) is 5.19. The normalized spacial score (nSPS) is 14.5. The van der Waals surface area contributed by atoms with Gasteiger partial charge in [0, 0.05) is 30.5 Å². The molecule has 1 aromatic carbocycles. The lowest BCUT2D eigenvalue weighted by atomic mass is 9.93. The molecule has 0 atom stereocenters. The third kappa shape index (κ3) is 3.99. The summed E-state index contributed by atoms with van der Waals surface area (Å²) in [6.07, 6.45) is -4.44. The molecule has 2 aromatic rings. The zero-order valence-electron chi connectivity index (χ0n) is 16.6. The van der Waals surface area contributed by atoms with Crippen molar-refractivity contribution in [3.63, 3.8) is 0 Å². The van der Waals surface area contributed by atoms with E-state index in [9.17, 15) is 22.8 Å². The number of rotatable bonds is 2. The number of hydrogen-bond acceptors (Lipinski definition) is 4. The standard InChI is InChI=1S/C20H22F3N3O3/c1-19(2,3)18(28)25-9-8-15-14(11-25)16(20(21,22)23)24-26(15)13-7-5-6-12(10-13)17(27)29-4/h5-7,10H,8-9,11H2,1-4H3. The van der Waals surface area contributed by atoms with Gasteiger partial charge < -0.3 is 9.64 Å². The first-order valence-electron chi connectivity index (χ1n) is 9.09. The molecule has 0 saturated carbocycles. The number of fused-ring (bicyclic) bond motifs is 1. The second-order valence-corrected chi connectivity index (χ2v) is 7.95. The van der Waals surface area contributed by atoms with E-state index in [1.165, 1.54) is 28.8 Å². The van der Waals surface area contributed by atoms with Gasteiger partial charge in [-0.1, -0.05) is 26.8 Å². The van der Waals surface area contributed by atoms with Gasteiger partial charge in [0.2, 0.25) is 5.91 Å². The van der Waals surface area contributed by atoms with E-state index in [2.05, 4.69) is 9.84 Å². The van der Waals surface area contributed by atoms with E-state index in [0.29, 0.717) is 17.9 Å². The van der Waals surface area contributed by atoms with Crippen LogP contribution in [-0.2, 0) is 28.7 Å². The summed E-state index contributed by atoms with van der Waals surface area (Å²) in [5, 5.41) is 3.82. The lowest BCUT2D eigenvalue weighted by Crippen LogP contribution is -2.42. The molecule has 0 spiro atoms. The van der Waals surface area contributed by atoms with E-state index in [-0.39, 0.29) is 30.0 Å². The van der Waals surface area contributed by atoms with Gasteiger partial charge in [0.15, 0.2) is 5.69 Å². The highest BCUT2D eigenvalue weighted by Crippen LogP contribution is 2.37. The molecule has 0 bridgehead atoms. The largest absolute Gasteiger partial charge is 0.465 e. The molecule has 0 unspecified atom stereocenters. The van der Waals surface area contributed by atoms with Crippen LogP contribution in [0.25, 0.3) is 5.69 Å². The number of alkyl halides is 3. The van der Waals surface area contributed by atoms with Crippen molar-refractivity contribution in [1.82, 2.24) is 14.7 Å². The summed E-state index contributed by atoms with van der Waals surface area (Å²) in [5.74, 6) is -0.803. The molecule has 2 heterocycles. The van der Waals surface area contributed by atoms with Crippen LogP contribution < -0.4 is 0 Å². The quantitative estimate of drug-likeness (QED) is 0.711. The smallest absolute Gasteiger partial charge is 0.435 e. The average molecular weight is 409 g/mol. The van der Waals surface area contributed by atoms with Crippen LogP contribution in [0.1, 0.15) is 48.1 Å². The van der Waals surface area contributed by atoms with E-state index in [4.69, 9.17) is 0 Å². The number of ether oxygens (including phenoxy) is 1. The molecular formula is C20H22F3N3O3. The minimum Gasteiger partial charge on any atom is -0.465 e. The molecule has 0 aliphatic carbocycles. The first-order valence-corrected chi connectivity index (χ1v) is 9.09. The molecule has 1 aliphatic rings. The summed E-state index contributed by atoms with van der Waals surface area (Å²) in [7, 11) is 1.23. The van der Waals surface area contributed by atoms with Crippen molar-refractivity contribution in [1.29, 1.82) is 0 Å². The number of carbonyl (C=O) groups is 2. The van der Waals surface area contributed by atoms with Crippen LogP contribution in [0.3, 0.4) is 0 Å². The molecule has 3 rings (SSSR count). The van der Waals surface area contributed by atoms with E-state index in [0.717, 1.165) is 0 Å². The molecule has 1 aromatic heterocycles. The zero-order valence-corrected chi connectivity index (χ0v) is 16.6. The molecule has 0 radical (unpaired) electrons. The minimum absolute atomic E-state index is 0.00942. The summed E-state index contributed by atoms with van der Waals surface area (Å²) in [6.45, 7) is 5.34. The highest BCUT2D eigenvalue weighted by Gasteiger charge is 2.42. The first-order chi connectivity index (χ1) is 13.4. The van der Waals surface area contributed by atoms with Crippen molar-refractivity contribution >= 4 is 11.9 Å². The molecule has 9 heteroatoms. The summed E-state index contributed by atoms with van der Waals surface area (Å²) in [6, 6.07) is 6.08. The van der Waals surface area contributed by atoms with Crippen molar-refractivity contribution < 1.29 is 27.5 Å². The number of hydrogen-bond donors (Lipinski definition) is 0. The van der Waals surface area contributed by atoms with E-state index in [1.807, 2.05) is 0 Å². The van der Waals surface area contributed by atoms with Crippen LogP contribution in [0, 0.1) is 5.41 Å². The molecule has 29 heavy (non-hydrogen) atoms. The molecule has 0 fully saturated rings. The van der Waals surface area contributed by atoms with Gasteiger partial charge in [0.1, 0.15) is 0 Å². The number of nitrogens with zero attached hydrogens (tertiary/aromatic N) is 3. The predicted octanol–water partition coefficient (Wildman–Crippen LogP) is 3.61. The summed E-state index contributed by atoms with van der Waals surface area (Å²) < 4.78 is 46.9. The van der Waals surface area contributed by atoms with Crippen molar-refractivity contribution in [2.24, 2.45) is 5.41 Å². The number of aromatic nitrogens is 2. The lowest BCUT2D eigenvalue weighted by molar-refractivity contribution is -0.145. The molecule has 1 amide bonds. The Balaban J connectivity index is 2.09. The van der Waals surface area contributed by atoms with Crippen molar-refractivity contribution in [2.45, 2.75) is 39.9 Å². The topological polar surface area (TPSA) is 64.4 Å². The maximum absolute atomic E-state index is 13.7. The Bertz CT molecular complexity index is 958. The lowest BCUT2D eigenvalue weighted by Gasteiger charge is -2.33. The Morgan fingerprint density at radius 1 is 1.17 bits per heavy atom. The molecule has 156 valence electrons. The van der Waals surface area contributed by atoms with Crippen molar-refractivity contribution in [2.75, 3.05) is 13.7 Å². The van der Waals surface area contributed by atoms with Gasteiger partial charge >= 0.3 is 12.1 Å². The maximum Gasteiger partial charge on any atom is 0.435 e. The number of benzene rings is 1. The second-order valence-electron chi connectivity index (χ2n) is 7.95.